The highest BCUT2D eigenvalue weighted by Gasteiger charge is 2.13. The first kappa shape index (κ1) is 15.3. The lowest BCUT2D eigenvalue weighted by Gasteiger charge is -2.10. The summed E-state index contributed by atoms with van der Waals surface area (Å²) in [4.78, 5) is 0. The van der Waals surface area contributed by atoms with Gasteiger partial charge >= 0.3 is 0 Å². The smallest absolute Gasteiger partial charge is 0.123 e. The molecule has 1 heterocycles. The second kappa shape index (κ2) is 6.24. The number of aromatic nitrogens is 1. The molecular weight excluding hydrogens is 288 g/mol. The summed E-state index contributed by atoms with van der Waals surface area (Å²) in [6.45, 7) is 4.80. The third kappa shape index (κ3) is 2.97. The Morgan fingerprint density at radius 3 is 2.57 bits per heavy atom. The van der Waals surface area contributed by atoms with Crippen LogP contribution in [0.4, 0.5) is 5.69 Å². The maximum absolute atomic E-state index is 6.18. The fourth-order valence-electron chi connectivity index (χ4n) is 2.78. The van der Waals surface area contributed by atoms with Crippen LogP contribution in [0.3, 0.4) is 0 Å². The topological polar surface area (TPSA) is 49.4 Å². The number of hydrogen-bond acceptors (Lipinski definition) is 3. The molecule has 0 aliphatic carbocycles. The number of fused-ring (bicyclic) bond motifs is 1. The maximum atomic E-state index is 6.18. The van der Waals surface area contributed by atoms with Gasteiger partial charge in [0.15, 0.2) is 0 Å². The van der Waals surface area contributed by atoms with Gasteiger partial charge in [0.25, 0.3) is 0 Å². The summed E-state index contributed by atoms with van der Waals surface area (Å²) >= 11 is 0. The molecule has 0 fully saturated rings. The molecule has 0 unspecified atom stereocenters. The van der Waals surface area contributed by atoms with Gasteiger partial charge in [0.2, 0.25) is 0 Å². The monoisotopic (exact) mass is 310 g/mol. The Bertz CT molecular complexity index is 821. The minimum Gasteiger partial charge on any atom is -0.497 e. The largest absolute Gasteiger partial charge is 0.497 e. The lowest BCUT2D eigenvalue weighted by molar-refractivity contribution is 0.304. The van der Waals surface area contributed by atoms with Gasteiger partial charge in [-0.2, -0.15) is 0 Å². The maximum Gasteiger partial charge on any atom is 0.123 e. The van der Waals surface area contributed by atoms with Crippen molar-refractivity contribution >= 4 is 16.6 Å². The van der Waals surface area contributed by atoms with Gasteiger partial charge in [0, 0.05) is 29.3 Å². The van der Waals surface area contributed by atoms with E-state index in [0.29, 0.717) is 12.6 Å². The summed E-state index contributed by atoms with van der Waals surface area (Å²) in [6.07, 6.45) is 2.13. The second-order valence-electron chi connectivity index (χ2n) is 5.87. The Morgan fingerprint density at radius 1 is 1.09 bits per heavy atom. The van der Waals surface area contributed by atoms with Crippen LogP contribution in [0.1, 0.15) is 25.5 Å². The zero-order chi connectivity index (χ0) is 16.4. The van der Waals surface area contributed by atoms with Gasteiger partial charge in [0.05, 0.1) is 18.3 Å². The number of benzene rings is 2. The van der Waals surface area contributed by atoms with E-state index in [1.807, 2.05) is 36.4 Å². The van der Waals surface area contributed by atoms with Gasteiger partial charge in [-0.3, -0.25) is 0 Å². The van der Waals surface area contributed by atoms with Crippen LogP contribution in [-0.4, -0.2) is 11.7 Å². The van der Waals surface area contributed by atoms with E-state index in [0.717, 1.165) is 33.7 Å². The van der Waals surface area contributed by atoms with Gasteiger partial charge < -0.3 is 19.8 Å². The summed E-state index contributed by atoms with van der Waals surface area (Å²) in [5, 5.41) is 1.14. The summed E-state index contributed by atoms with van der Waals surface area (Å²) in [5.41, 5.74) is 9.17. The molecule has 4 heteroatoms. The Morgan fingerprint density at radius 2 is 1.83 bits per heavy atom. The number of hydrogen-bond donors (Lipinski definition) is 1. The average molecular weight is 310 g/mol. The van der Waals surface area contributed by atoms with E-state index in [9.17, 15) is 0 Å². The van der Waals surface area contributed by atoms with Gasteiger partial charge in [-0.05, 0) is 32.0 Å². The van der Waals surface area contributed by atoms with Gasteiger partial charge in [-0.15, -0.1) is 0 Å². The summed E-state index contributed by atoms with van der Waals surface area (Å²) in [7, 11) is 1.65. The van der Waals surface area contributed by atoms with E-state index in [1.54, 1.807) is 7.11 Å². The number of para-hydroxylation sites is 1. The number of methoxy groups -OCH3 is 1. The SMILES string of the molecule is COc1cccc(OCc2cn(C(C)C)c3c(N)cccc23)c1. The fourth-order valence-corrected chi connectivity index (χ4v) is 2.78. The average Bonchev–Trinajstić information content (AvgIpc) is 2.94. The molecule has 3 aromatic rings. The first-order valence-electron chi connectivity index (χ1n) is 7.75. The van der Waals surface area contributed by atoms with E-state index in [2.05, 4.69) is 30.7 Å². The molecule has 3 rings (SSSR count). The number of ether oxygens (including phenoxy) is 2. The van der Waals surface area contributed by atoms with Crippen molar-refractivity contribution in [2.75, 3.05) is 12.8 Å². The third-order valence-electron chi connectivity index (χ3n) is 3.96. The molecule has 2 N–H and O–H groups in total. The predicted octanol–water partition coefficient (Wildman–Crippen LogP) is 4.39. The zero-order valence-corrected chi connectivity index (χ0v) is 13.7. The molecular formula is C19H22N2O2. The molecule has 0 saturated heterocycles. The van der Waals surface area contributed by atoms with Crippen molar-refractivity contribution in [2.45, 2.75) is 26.5 Å². The minimum atomic E-state index is 0.341. The van der Waals surface area contributed by atoms with Crippen molar-refractivity contribution in [3.8, 4) is 11.5 Å². The first-order valence-corrected chi connectivity index (χ1v) is 7.75. The first-order chi connectivity index (χ1) is 11.1. The van der Waals surface area contributed by atoms with E-state index >= 15 is 0 Å². The highest BCUT2D eigenvalue weighted by Crippen LogP contribution is 2.30. The van der Waals surface area contributed by atoms with Crippen molar-refractivity contribution in [3.05, 3.63) is 54.2 Å². The third-order valence-corrected chi connectivity index (χ3v) is 3.96. The van der Waals surface area contributed by atoms with Gasteiger partial charge in [-0.25, -0.2) is 0 Å². The molecule has 4 nitrogen and oxygen atoms in total. The minimum absolute atomic E-state index is 0.341. The Kier molecular flexibility index (Phi) is 4.15. The number of nitrogen functional groups attached to an aromatic ring is 1. The second-order valence-corrected chi connectivity index (χ2v) is 5.87. The number of nitrogens with zero attached hydrogens (tertiary/aromatic N) is 1. The quantitative estimate of drug-likeness (QED) is 0.711. The Hall–Kier alpha value is -2.62. The summed E-state index contributed by atoms with van der Waals surface area (Å²) < 4.78 is 13.4. The normalized spacial score (nSPS) is 11.1. The Balaban J connectivity index is 1.92. The molecule has 120 valence electrons. The van der Waals surface area contributed by atoms with Crippen LogP contribution >= 0.6 is 0 Å². The number of anilines is 1. The molecule has 0 amide bonds. The number of rotatable bonds is 5. The molecule has 0 aliphatic rings. The van der Waals surface area contributed by atoms with E-state index < -0.39 is 0 Å². The van der Waals surface area contributed by atoms with E-state index in [1.165, 1.54) is 0 Å². The van der Waals surface area contributed by atoms with Gasteiger partial charge in [0.1, 0.15) is 18.1 Å². The van der Waals surface area contributed by atoms with E-state index in [-0.39, 0.29) is 0 Å². The van der Waals surface area contributed by atoms with Crippen molar-refractivity contribution in [1.82, 2.24) is 4.57 Å². The van der Waals surface area contributed by atoms with Crippen molar-refractivity contribution in [3.63, 3.8) is 0 Å². The molecule has 0 aliphatic heterocycles. The Labute approximate surface area is 136 Å². The molecule has 0 saturated carbocycles. The van der Waals surface area contributed by atoms with Crippen LogP contribution in [0, 0.1) is 0 Å². The molecule has 0 bridgehead atoms. The van der Waals surface area contributed by atoms with E-state index in [4.69, 9.17) is 15.2 Å². The van der Waals surface area contributed by atoms with Crippen LogP contribution in [0.25, 0.3) is 10.9 Å². The van der Waals surface area contributed by atoms with Crippen LogP contribution in [-0.2, 0) is 6.61 Å². The standard InChI is InChI=1S/C19H22N2O2/c1-13(2)21-11-14(17-8-5-9-18(20)19(17)21)12-23-16-7-4-6-15(10-16)22-3/h4-11,13H,12,20H2,1-3H3. The highest BCUT2D eigenvalue weighted by atomic mass is 16.5. The fraction of sp³-hybridized carbons (Fsp3) is 0.263. The molecule has 2 aromatic carbocycles. The zero-order valence-electron chi connectivity index (χ0n) is 13.7. The summed E-state index contributed by atoms with van der Waals surface area (Å²) in [5.74, 6) is 1.58. The van der Waals surface area contributed by atoms with Crippen LogP contribution in [0.15, 0.2) is 48.7 Å². The molecule has 23 heavy (non-hydrogen) atoms. The molecule has 0 atom stereocenters. The lowest BCUT2D eigenvalue weighted by Crippen LogP contribution is -2.00. The van der Waals surface area contributed by atoms with Crippen molar-refractivity contribution < 1.29 is 9.47 Å². The molecule has 0 radical (unpaired) electrons. The summed E-state index contributed by atoms with van der Waals surface area (Å²) in [6, 6.07) is 14.0. The lowest BCUT2D eigenvalue weighted by atomic mass is 10.1. The predicted molar refractivity (Wildman–Crippen MR) is 94.1 cm³/mol. The van der Waals surface area contributed by atoms with Crippen LogP contribution in [0.2, 0.25) is 0 Å². The number of nitrogens with two attached hydrogens (primary N) is 1. The van der Waals surface area contributed by atoms with Crippen LogP contribution in [0.5, 0.6) is 11.5 Å². The van der Waals surface area contributed by atoms with Gasteiger partial charge in [-0.1, -0.05) is 18.2 Å². The van der Waals surface area contributed by atoms with Crippen LogP contribution < -0.4 is 15.2 Å². The molecule has 0 spiro atoms. The molecule has 1 aromatic heterocycles. The highest BCUT2D eigenvalue weighted by molar-refractivity contribution is 5.93. The van der Waals surface area contributed by atoms with Crippen molar-refractivity contribution in [1.29, 1.82) is 0 Å². The van der Waals surface area contributed by atoms with Crippen molar-refractivity contribution in [2.24, 2.45) is 0 Å².